The Kier molecular flexibility index (Phi) is 3.22. The van der Waals surface area contributed by atoms with Gasteiger partial charge < -0.3 is 4.74 Å². The molecule has 0 atom stereocenters. The zero-order chi connectivity index (χ0) is 10.0. The number of rotatable bonds is 2. The molecule has 0 heterocycles. The second kappa shape index (κ2) is 4.02. The van der Waals surface area contributed by atoms with Crippen molar-refractivity contribution in [2.75, 3.05) is 0 Å². The van der Waals surface area contributed by atoms with Gasteiger partial charge in [-0.2, -0.15) is 0 Å². The molecule has 0 aliphatic heterocycles. The van der Waals surface area contributed by atoms with Gasteiger partial charge in [0.25, 0.3) is 6.47 Å². The molecule has 0 N–H and O–H groups in total. The highest BCUT2D eigenvalue weighted by Crippen LogP contribution is 2.32. The first-order valence-electron chi connectivity index (χ1n) is 3.01. The molecular weight excluding hydrogens is 269 g/mol. The third-order valence-corrected chi connectivity index (χ3v) is 2.15. The summed E-state index contributed by atoms with van der Waals surface area (Å²) in [6.07, 6.45) is 0. The monoisotopic (exact) mass is 270 g/mol. The number of carbonyl (C=O) groups is 1. The maximum Gasteiger partial charge on any atom is 0.298 e. The molecule has 0 unspecified atom stereocenters. The van der Waals surface area contributed by atoms with Gasteiger partial charge in [-0.3, -0.25) is 4.79 Å². The van der Waals surface area contributed by atoms with Gasteiger partial charge in [0.1, 0.15) is 5.02 Å². The van der Waals surface area contributed by atoms with E-state index in [0.717, 1.165) is 6.07 Å². The first-order valence-corrected chi connectivity index (χ1v) is 4.18. The fraction of sp³-hybridized carbons (Fsp3) is 0. The molecule has 0 fully saturated rings. The molecule has 0 radical (unpaired) electrons. The van der Waals surface area contributed by atoms with Gasteiger partial charge in [-0.1, -0.05) is 11.6 Å². The zero-order valence-electron chi connectivity index (χ0n) is 5.98. The molecule has 0 bridgehead atoms. The van der Waals surface area contributed by atoms with Gasteiger partial charge in [0, 0.05) is 6.07 Å². The fourth-order valence-corrected chi connectivity index (χ4v) is 1.40. The Hall–Kier alpha value is -0.680. The smallest absolute Gasteiger partial charge is 0.298 e. The largest absolute Gasteiger partial charge is 0.426 e. The number of ether oxygens (including phenoxy) is 1. The normalized spacial score (nSPS) is 9.85. The third-order valence-electron chi connectivity index (χ3n) is 1.24. The van der Waals surface area contributed by atoms with E-state index < -0.39 is 22.4 Å². The lowest BCUT2D eigenvalue weighted by molar-refractivity contribution is -0.120. The molecule has 0 saturated heterocycles. The van der Waals surface area contributed by atoms with E-state index in [1.165, 1.54) is 0 Å². The van der Waals surface area contributed by atoms with Crippen LogP contribution in [0.1, 0.15) is 0 Å². The first-order chi connectivity index (χ1) is 6.07. The highest BCUT2D eigenvalue weighted by Gasteiger charge is 2.16. The highest BCUT2D eigenvalue weighted by atomic mass is 79.9. The van der Waals surface area contributed by atoms with Crippen LogP contribution in [0.4, 0.5) is 8.78 Å². The molecule has 0 amide bonds. The second-order valence-electron chi connectivity index (χ2n) is 2.01. The summed E-state index contributed by atoms with van der Waals surface area (Å²) in [5, 5.41) is -0.716. The van der Waals surface area contributed by atoms with E-state index in [1.54, 1.807) is 0 Å². The summed E-state index contributed by atoms with van der Waals surface area (Å²) in [4.78, 5) is 9.89. The van der Waals surface area contributed by atoms with E-state index in [2.05, 4.69) is 20.7 Å². The van der Waals surface area contributed by atoms with Gasteiger partial charge in [0.15, 0.2) is 17.4 Å². The lowest BCUT2D eigenvalue weighted by atomic mass is 10.3. The molecule has 0 spiro atoms. The van der Waals surface area contributed by atoms with E-state index in [4.69, 9.17) is 11.6 Å². The van der Waals surface area contributed by atoms with Crippen LogP contribution >= 0.6 is 27.5 Å². The van der Waals surface area contributed by atoms with Crippen LogP contribution in [0.3, 0.4) is 0 Å². The van der Waals surface area contributed by atoms with E-state index in [0.29, 0.717) is 0 Å². The van der Waals surface area contributed by atoms with Gasteiger partial charge in [0.05, 0.1) is 4.47 Å². The van der Waals surface area contributed by atoms with Crippen LogP contribution in [0, 0.1) is 11.6 Å². The summed E-state index contributed by atoms with van der Waals surface area (Å²) in [6.45, 7) is 0.0269. The Labute approximate surface area is 85.6 Å². The molecule has 2 nitrogen and oxygen atoms in total. The summed E-state index contributed by atoms with van der Waals surface area (Å²) >= 11 is 8.03. The van der Waals surface area contributed by atoms with Crippen LogP contribution < -0.4 is 4.74 Å². The molecule has 70 valence electrons. The van der Waals surface area contributed by atoms with Gasteiger partial charge in [-0.25, -0.2) is 8.78 Å². The number of benzene rings is 1. The van der Waals surface area contributed by atoms with E-state index in [9.17, 15) is 13.6 Å². The number of hydrogen-bond donors (Lipinski definition) is 0. The Morgan fingerprint density at radius 1 is 1.46 bits per heavy atom. The Bertz CT molecular complexity index is 357. The lowest BCUT2D eigenvalue weighted by Gasteiger charge is -2.03. The molecule has 0 aromatic heterocycles. The molecule has 1 rings (SSSR count). The van der Waals surface area contributed by atoms with Crippen molar-refractivity contribution in [3.63, 3.8) is 0 Å². The Morgan fingerprint density at radius 2 is 2.08 bits per heavy atom. The van der Waals surface area contributed by atoms with E-state index >= 15 is 0 Å². The van der Waals surface area contributed by atoms with Crippen LogP contribution in [0.25, 0.3) is 0 Å². The molecule has 1 aromatic rings. The summed E-state index contributed by atoms with van der Waals surface area (Å²) in [5.74, 6) is -2.46. The van der Waals surface area contributed by atoms with Gasteiger partial charge in [-0.05, 0) is 15.9 Å². The second-order valence-corrected chi connectivity index (χ2v) is 3.24. The van der Waals surface area contributed by atoms with Crippen molar-refractivity contribution in [3.05, 3.63) is 27.2 Å². The molecular formula is C7H2BrClF2O2. The van der Waals surface area contributed by atoms with Crippen molar-refractivity contribution >= 4 is 34.0 Å². The van der Waals surface area contributed by atoms with Crippen LogP contribution in [0.15, 0.2) is 10.5 Å². The fourth-order valence-electron chi connectivity index (χ4n) is 0.689. The topological polar surface area (TPSA) is 26.3 Å². The van der Waals surface area contributed by atoms with Gasteiger partial charge in [0.2, 0.25) is 0 Å². The first kappa shape index (κ1) is 10.4. The van der Waals surface area contributed by atoms with Crippen LogP contribution in [-0.4, -0.2) is 6.47 Å². The zero-order valence-corrected chi connectivity index (χ0v) is 8.32. The molecule has 0 aliphatic carbocycles. The lowest BCUT2D eigenvalue weighted by Crippen LogP contribution is -1.95. The minimum Gasteiger partial charge on any atom is -0.426 e. The van der Waals surface area contributed by atoms with Crippen molar-refractivity contribution in [2.45, 2.75) is 0 Å². The van der Waals surface area contributed by atoms with Crippen molar-refractivity contribution in [1.29, 1.82) is 0 Å². The summed E-state index contributed by atoms with van der Waals surface area (Å²) in [5.41, 5.74) is 0. The van der Waals surface area contributed by atoms with Crippen molar-refractivity contribution in [1.82, 2.24) is 0 Å². The van der Waals surface area contributed by atoms with E-state index in [-0.39, 0.29) is 10.9 Å². The average Bonchev–Trinajstić information content (AvgIpc) is 2.11. The van der Waals surface area contributed by atoms with Crippen LogP contribution in [0.2, 0.25) is 5.02 Å². The SMILES string of the molecule is O=COc1cc(Br)c(F)c(Cl)c1F. The Balaban J connectivity index is 3.31. The number of halogens is 4. The van der Waals surface area contributed by atoms with Crippen LogP contribution in [-0.2, 0) is 4.79 Å². The molecule has 0 saturated carbocycles. The predicted octanol–water partition coefficient (Wildman–Crippen LogP) is 2.92. The minimum atomic E-state index is -1.10. The van der Waals surface area contributed by atoms with Gasteiger partial charge >= 0.3 is 0 Å². The standard InChI is InChI=1S/C7H2BrClF2O2/c8-3-1-4(13-2-12)7(11)5(9)6(3)10/h1-2H. The molecule has 1 aromatic carbocycles. The number of hydrogen-bond acceptors (Lipinski definition) is 2. The molecule has 0 aliphatic rings. The summed E-state index contributed by atoms with van der Waals surface area (Å²) in [7, 11) is 0. The minimum absolute atomic E-state index is 0.0269. The maximum atomic E-state index is 13.0. The van der Waals surface area contributed by atoms with Crippen molar-refractivity contribution < 1.29 is 18.3 Å². The van der Waals surface area contributed by atoms with Crippen LogP contribution in [0.5, 0.6) is 5.75 Å². The maximum absolute atomic E-state index is 13.0. The van der Waals surface area contributed by atoms with Crippen molar-refractivity contribution in [2.24, 2.45) is 0 Å². The summed E-state index contributed by atoms with van der Waals surface area (Å²) in [6, 6.07) is 0.977. The molecule has 13 heavy (non-hydrogen) atoms. The number of carbonyl (C=O) groups excluding carboxylic acids is 1. The average molecular weight is 271 g/mol. The quantitative estimate of drug-likeness (QED) is 0.470. The van der Waals surface area contributed by atoms with Crippen molar-refractivity contribution in [3.8, 4) is 5.75 Å². The van der Waals surface area contributed by atoms with E-state index in [1.807, 2.05) is 0 Å². The summed E-state index contributed by atoms with van der Waals surface area (Å²) < 4.78 is 29.9. The van der Waals surface area contributed by atoms with Gasteiger partial charge in [-0.15, -0.1) is 0 Å². The third kappa shape index (κ3) is 1.97. The molecule has 6 heteroatoms. The Morgan fingerprint density at radius 3 is 2.62 bits per heavy atom. The highest BCUT2D eigenvalue weighted by molar-refractivity contribution is 9.10. The predicted molar refractivity (Wildman–Crippen MR) is 45.8 cm³/mol.